The van der Waals surface area contributed by atoms with Crippen molar-refractivity contribution in [2.24, 2.45) is 7.05 Å². The number of pyridine rings is 1. The van der Waals surface area contributed by atoms with Crippen LogP contribution in [0.5, 0.6) is 5.75 Å². The van der Waals surface area contributed by atoms with E-state index in [0.29, 0.717) is 35.7 Å². The number of nitrogens with zero attached hydrogens (tertiary/aromatic N) is 6. The molecule has 0 unspecified atom stereocenters. The second kappa shape index (κ2) is 11.3. The van der Waals surface area contributed by atoms with E-state index < -0.39 is 11.6 Å². The summed E-state index contributed by atoms with van der Waals surface area (Å²) in [6.07, 6.45) is 3.20. The lowest BCUT2D eigenvalue weighted by atomic mass is 9.96. The van der Waals surface area contributed by atoms with Crippen molar-refractivity contribution >= 4 is 27.3 Å². The van der Waals surface area contributed by atoms with Gasteiger partial charge in [0, 0.05) is 59.7 Å². The molecular weight excluding hydrogens is 574 g/mol. The molecule has 0 aliphatic carbocycles. The van der Waals surface area contributed by atoms with Crippen LogP contribution < -0.4 is 4.74 Å². The monoisotopic (exact) mass is 604 g/mol. The number of fused-ring (bicyclic) bond motifs is 2. The van der Waals surface area contributed by atoms with E-state index >= 15 is 4.39 Å². The summed E-state index contributed by atoms with van der Waals surface area (Å²) in [4.78, 5) is 19.4. The van der Waals surface area contributed by atoms with Crippen molar-refractivity contribution in [2.45, 2.75) is 33.0 Å². The standard InChI is InChI=1S/C31H30F2N6O3S/c1-6-26(40)38-15-20-13-24(36-39(20)14-17(38)2)30-28(27-23(33)11-19(32)12-25(27)42-9-8-41-5)31-21(7-10-43-31)29(34-30)22-16-37(4)35-18(22)3/h6-7,10-13,16-17H,1,8-9,14-15H2,2-5H3/t17-/m1/s1. The van der Waals surface area contributed by atoms with Gasteiger partial charge in [-0.2, -0.15) is 10.2 Å². The first kappa shape index (κ1) is 28.7. The highest BCUT2D eigenvalue weighted by Crippen LogP contribution is 2.47. The average molecular weight is 605 g/mol. The van der Waals surface area contributed by atoms with Crippen LogP contribution in [0.1, 0.15) is 18.3 Å². The number of benzene rings is 1. The predicted molar refractivity (Wildman–Crippen MR) is 161 cm³/mol. The Balaban J connectivity index is 1.63. The molecule has 1 aliphatic heterocycles. The SMILES string of the molecule is C=CC(=O)N1Cc2cc(-c3nc(-c4cn(C)nc4C)c4ccsc4c3-c3c(F)cc(F)cc3OCCOC)nn2C[C@H]1C. The van der Waals surface area contributed by atoms with Gasteiger partial charge in [-0.05, 0) is 37.4 Å². The highest BCUT2D eigenvalue weighted by atomic mass is 32.1. The number of aromatic nitrogens is 5. The largest absolute Gasteiger partial charge is 0.490 e. The van der Waals surface area contributed by atoms with Crippen molar-refractivity contribution in [1.82, 2.24) is 29.4 Å². The van der Waals surface area contributed by atoms with Crippen LogP contribution in [0.2, 0.25) is 0 Å². The minimum Gasteiger partial charge on any atom is -0.490 e. The Hall–Kier alpha value is -4.42. The molecule has 0 radical (unpaired) electrons. The molecule has 0 saturated heterocycles. The van der Waals surface area contributed by atoms with E-state index in [1.54, 1.807) is 9.58 Å². The van der Waals surface area contributed by atoms with Gasteiger partial charge in [0.25, 0.3) is 0 Å². The number of halogens is 2. The molecule has 1 aliphatic rings. The van der Waals surface area contributed by atoms with Gasteiger partial charge in [0.05, 0.1) is 42.3 Å². The van der Waals surface area contributed by atoms with Crippen LogP contribution in [-0.4, -0.2) is 61.7 Å². The van der Waals surface area contributed by atoms with Gasteiger partial charge in [-0.3, -0.25) is 14.2 Å². The summed E-state index contributed by atoms with van der Waals surface area (Å²) in [5.74, 6) is -1.67. The zero-order chi connectivity index (χ0) is 30.4. The number of carbonyl (C=O) groups is 1. The number of hydrogen-bond donors (Lipinski definition) is 0. The summed E-state index contributed by atoms with van der Waals surface area (Å²) in [6.45, 7) is 8.63. The van der Waals surface area contributed by atoms with Crippen LogP contribution in [-0.2, 0) is 29.7 Å². The third-order valence-electron chi connectivity index (χ3n) is 7.56. The summed E-state index contributed by atoms with van der Waals surface area (Å²) in [5, 5.41) is 12.1. The van der Waals surface area contributed by atoms with Gasteiger partial charge < -0.3 is 14.4 Å². The molecule has 0 N–H and O–H groups in total. The van der Waals surface area contributed by atoms with Crippen LogP contribution in [0.4, 0.5) is 8.78 Å². The quantitative estimate of drug-likeness (QED) is 0.166. The van der Waals surface area contributed by atoms with Crippen LogP contribution in [0.25, 0.3) is 43.9 Å². The summed E-state index contributed by atoms with van der Waals surface area (Å²) < 4.78 is 45.8. The van der Waals surface area contributed by atoms with E-state index in [-0.39, 0.29) is 36.5 Å². The lowest BCUT2D eigenvalue weighted by Crippen LogP contribution is -2.44. The third-order valence-corrected chi connectivity index (χ3v) is 8.49. The van der Waals surface area contributed by atoms with Crippen LogP contribution in [0, 0.1) is 18.6 Å². The van der Waals surface area contributed by atoms with E-state index in [9.17, 15) is 9.18 Å². The van der Waals surface area contributed by atoms with E-state index in [1.165, 1.54) is 30.6 Å². The maximum absolute atomic E-state index is 15.9. The normalized spacial score (nSPS) is 14.7. The fourth-order valence-electron chi connectivity index (χ4n) is 5.57. The van der Waals surface area contributed by atoms with Crippen molar-refractivity contribution in [3.8, 4) is 39.5 Å². The number of rotatable bonds is 8. The highest BCUT2D eigenvalue weighted by Gasteiger charge is 2.31. The average Bonchev–Trinajstić information content (AvgIpc) is 3.70. The van der Waals surface area contributed by atoms with Gasteiger partial charge in [-0.15, -0.1) is 11.3 Å². The molecule has 1 aromatic carbocycles. The molecule has 0 bridgehead atoms. The molecule has 6 rings (SSSR count). The Labute approximate surface area is 251 Å². The van der Waals surface area contributed by atoms with Crippen LogP contribution in [0.15, 0.2) is 48.5 Å². The molecule has 12 heteroatoms. The molecule has 5 heterocycles. The summed E-state index contributed by atoms with van der Waals surface area (Å²) in [5.41, 5.74) is 4.53. The van der Waals surface area contributed by atoms with Gasteiger partial charge in [-0.25, -0.2) is 13.8 Å². The van der Waals surface area contributed by atoms with Crippen LogP contribution in [0.3, 0.4) is 0 Å². The second-order valence-electron chi connectivity index (χ2n) is 10.5. The zero-order valence-corrected chi connectivity index (χ0v) is 25.0. The lowest BCUT2D eigenvalue weighted by molar-refractivity contribution is -0.129. The Kier molecular flexibility index (Phi) is 7.57. The maximum atomic E-state index is 15.9. The first-order chi connectivity index (χ1) is 20.7. The van der Waals surface area contributed by atoms with Gasteiger partial charge in [0.2, 0.25) is 5.91 Å². The Morgan fingerprint density at radius 2 is 2.00 bits per heavy atom. The number of ether oxygens (including phenoxy) is 2. The summed E-state index contributed by atoms with van der Waals surface area (Å²) >= 11 is 1.43. The van der Waals surface area contributed by atoms with Gasteiger partial charge in [-0.1, -0.05) is 6.58 Å². The smallest absolute Gasteiger partial charge is 0.246 e. The second-order valence-corrected chi connectivity index (χ2v) is 11.4. The lowest BCUT2D eigenvalue weighted by Gasteiger charge is -2.33. The molecule has 9 nitrogen and oxygen atoms in total. The molecule has 1 amide bonds. The fraction of sp³-hybridized carbons (Fsp3) is 0.290. The highest BCUT2D eigenvalue weighted by molar-refractivity contribution is 7.18. The van der Waals surface area contributed by atoms with Gasteiger partial charge >= 0.3 is 0 Å². The molecule has 4 aromatic heterocycles. The minimum absolute atomic E-state index is 0.0398. The molecule has 43 heavy (non-hydrogen) atoms. The number of aryl methyl sites for hydroxylation is 2. The van der Waals surface area contributed by atoms with Crippen molar-refractivity contribution < 1.29 is 23.0 Å². The Morgan fingerprint density at radius 3 is 2.72 bits per heavy atom. The number of methoxy groups -OCH3 is 1. The van der Waals surface area contributed by atoms with Crippen molar-refractivity contribution in [1.29, 1.82) is 0 Å². The zero-order valence-electron chi connectivity index (χ0n) is 24.2. The summed E-state index contributed by atoms with van der Waals surface area (Å²) in [6, 6.07) is 5.72. The van der Waals surface area contributed by atoms with E-state index in [4.69, 9.17) is 19.6 Å². The van der Waals surface area contributed by atoms with Gasteiger partial charge in [0.15, 0.2) is 0 Å². The van der Waals surface area contributed by atoms with Crippen molar-refractivity contribution in [3.05, 3.63) is 71.5 Å². The number of carbonyl (C=O) groups excluding carboxylic acids is 1. The van der Waals surface area contributed by atoms with E-state index in [1.807, 2.05) is 49.3 Å². The molecule has 0 fully saturated rings. The number of hydrogen-bond acceptors (Lipinski definition) is 7. The maximum Gasteiger partial charge on any atom is 0.246 e. The topological polar surface area (TPSA) is 87.3 Å². The van der Waals surface area contributed by atoms with E-state index in [0.717, 1.165) is 33.1 Å². The first-order valence-electron chi connectivity index (χ1n) is 13.7. The van der Waals surface area contributed by atoms with E-state index in [2.05, 4.69) is 11.7 Å². The molecule has 0 spiro atoms. The summed E-state index contributed by atoms with van der Waals surface area (Å²) in [7, 11) is 3.37. The van der Waals surface area contributed by atoms with Gasteiger partial charge in [0.1, 0.15) is 35.4 Å². The number of thiophene rings is 1. The third kappa shape index (κ3) is 5.10. The molecule has 5 aromatic rings. The molecule has 222 valence electrons. The fourth-order valence-corrected chi connectivity index (χ4v) is 6.52. The Morgan fingerprint density at radius 1 is 1.19 bits per heavy atom. The van der Waals surface area contributed by atoms with Crippen molar-refractivity contribution in [2.75, 3.05) is 20.3 Å². The molecule has 1 atom stereocenters. The minimum atomic E-state index is -0.782. The van der Waals surface area contributed by atoms with Crippen molar-refractivity contribution in [3.63, 3.8) is 0 Å². The van der Waals surface area contributed by atoms with Crippen LogP contribution >= 0.6 is 11.3 Å². The first-order valence-corrected chi connectivity index (χ1v) is 14.6. The number of amides is 1. The molecule has 0 saturated carbocycles. The molecular formula is C31H30F2N6O3S. The predicted octanol–water partition coefficient (Wildman–Crippen LogP) is 5.76. The Bertz CT molecular complexity index is 1880.